The van der Waals surface area contributed by atoms with Gasteiger partial charge >= 0.3 is 5.97 Å². The Kier molecular flexibility index (Phi) is 7.51. The maximum Gasteiger partial charge on any atom is 0.326 e. The summed E-state index contributed by atoms with van der Waals surface area (Å²) in [5.41, 5.74) is 3.12. The van der Waals surface area contributed by atoms with E-state index in [0.29, 0.717) is 0 Å². The number of hydrogen-bond acceptors (Lipinski definition) is 4. The Balaban J connectivity index is 2.11. The first kappa shape index (κ1) is 20.1. The lowest BCUT2D eigenvalue weighted by atomic mass is 9.94. The fraction of sp³-hybridized carbons (Fsp3) is 0.250. The van der Waals surface area contributed by atoms with Gasteiger partial charge in [0.1, 0.15) is 6.04 Å². The van der Waals surface area contributed by atoms with Crippen molar-refractivity contribution in [3.05, 3.63) is 71.8 Å². The first-order chi connectivity index (χ1) is 13.0. The van der Waals surface area contributed by atoms with Crippen molar-refractivity contribution in [3.8, 4) is 0 Å². The topological polar surface area (TPSA) is 116 Å². The molecule has 0 aliphatic rings. The van der Waals surface area contributed by atoms with Gasteiger partial charge in [-0.05, 0) is 17.5 Å². The van der Waals surface area contributed by atoms with Crippen molar-refractivity contribution >= 4 is 17.8 Å². The zero-order valence-electron chi connectivity index (χ0n) is 14.7. The third kappa shape index (κ3) is 6.56. The van der Waals surface area contributed by atoms with Crippen LogP contribution in [0.25, 0.3) is 0 Å². The lowest BCUT2D eigenvalue weighted by molar-refractivity contribution is -0.142. The van der Waals surface area contributed by atoms with E-state index in [9.17, 15) is 19.5 Å². The third-order valence-electron chi connectivity index (χ3n) is 4.15. The van der Waals surface area contributed by atoms with E-state index in [1.54, 1.807) is 24.3 Å². The van der Waals surface area contributed by atoms with Crippen LogP contribution in [0.15, 0.2) is 60.7 Å². The average molecular weight is 370 g/mol. The Bertz CT molecular complexity index is 764. The second-order valence-corrected chi connectivity index (χ2v) is 6.21. The molecule has 0 radical (unpaired) electrons. The summed E-state index contributed by atoms with van der Waals surface area (Å²) in [6, 6.07) is 16.9. The van der Waals surface area contributed by atoms with Crippen molar-refractivity contribution < 1.29 is 24.7 Å². The molecule has 7 heteroatoms. The van der Waals surface area contributed by atoms with Crippen LogP contribution < -0.4 is 10.8 Å². The lowest BCUT2D eigenvalue weighted by Crippen LogP contribution is -2.46. The highest BCUT2D eigenvalue weighted by atomic mass is 16.5. The molecular weight excluding hydrogens is 348 g/mol. The van der Waals surface area contributed by atoms with E-state index < -0.39 is 29.7 Å². The molecule has 2 aromatic carbocycles. The number of carboxylic acids is 1. The number of nitrogens with one attached hydrogen (secondary N) is 2. The Labute approximate surface area is 157 Å². The molecule has 27 heavy (non-hydrogen) atoms. The van der Waals surface area contributed by atoms with Crippen molar-refractivity contribution in [2.24, 2.45) is 5.92 Å². The van der Waals surface area contributed by atoms with E-state index in [2.05, 4.69) is 5.32 Å². The number of hydroxylamine groups is 1. The van der Waals surface area contributed by atoms with Crippen molar-refractivity contribution in [1.29, 1.82) is 0 Å². The Hall–Kier alpha value is -3.19. The summed E-state index contributed by atoms with van der Waals surface area (Å²) in [6.07, 6.45) is 0.124. The van der Waals surface area contributed by atoms with Crippen LogP contribution in [0.5, 0.6) is 0 Å². The van der Waals surface area contributed by atoms with Gasteiger partial charge in [-0.2, -0.15) is 0 Å². The number of amides is 2. The first-order valence-electron chi connectivity index (χ1n) is 8.53. The molecule has 0 aliphatic heterocycles. The minimum atomic E-state index is -1.16. The highest BCUT2D eigenvalue weighted by Gasteiger charge is 2.27. The van der Waals surface area contributed by atoms with Crippen LogP contribution in [0.1, 0.15) is 17.5 Å². The predicted octanol–water partition coefficient (Wildman–Crippen LogP) is 1.55. The van der Waals surface area contributed by atoms with Gasteiger partial charge in [-0.25, -0.2) is 10.3 Å². The van der Waals surface area contributed by atoms with Gasteiger partial charge in [0, 0.05) is 12.8 Å². The zero-order valence-corrected chi connectivity index (χ0v) is 14.7. The van der Waals surface area contributed by atoms with Gasteiger partial charge in [-0.1, -0.05) is 60.7 Å². The molecule has 7 nitrogen and oxygen atoms in total. The molecule has 1 unspecified atom stereocenters. The quantitative estimate of drug-likeness (QED) is 0.395. The summed E-state index contributed by atoms with van der Waals surface area (Å²) in [4.78, 5) is 35.8. The number of carboxylic acid groups (broad SMARTS) is 1. The molecule has 2 rings (SSSR count). The molecule has 0 heterocycles. The fourth-order valence-corrected chi connectivity index (χ4v) is 2.77. The van der Waals surface area contributed by atoms with Gasteiger partial charge in [0.05, 0.1) is 5.92 Å². The molecule has 2 amide bonds. The predicted molar refractivity (Wildman–Crippen MR) is 97.9 cm³/mol. The van der Waals surface area contributed by atoms with Gasteiger partial charge in [0.2, 0.25) is 11.8 Å². The van der Waals surface area contributed by atoms with Crippen LogP contribution in [0.3, 0.4) is 0 Å². The van der Waals surface area contributed by atoms with E-state index in [-0.39, 0.29) is 19.3 Å². The number of benzene rings is 2. The minimum absolute atomic E-state index is 0.131. The van der Waals surface area contributed by atoms with Gasteiger partial charge in [0.15, 0.2) is 0 Å². The van der Waals surface area contributed by atoms with E-state index in [1.807, 2.05) is 36.4 Å². The third-order valence-corrected chi connectivity index (χ3v) is 4.15. The molecule has 0 aliphatic carbocycles. The molecule has 0 fully saturated rings. The largest absolute Gasteiger partial charge is 0.480 e. The second kappa shape index (κ2) is 10.1. The normalized spacial score (nSPS) is 12.6. The van der Waals surface area contributed by atoms with Gasteiger partial charge < -0.3 is 10.4 Å². The van der Waals surface area contributed by atoms with Crippen LogP contribution in [0.4, 0.5) is 0 Å². The molecule has 0 bridgehead atoms. The number of carbonyl (C=O) groups is 3. The van der Waals surface area contributed by atoms with E-state index in [4.69, 9.17) is 5.21 Å². The molecule has 142 valence electrons. The summed E-state index contributed by atoms with van der Waals surface area (Å²) in [6.45, 7) is 0. The summed E-state index contributed by atoms with van der Waals surface area (Å²) in [7, 11) is 0. The monoisotopic (exact) mass is 370 g/mol. The van der Waals surface area contributed by atoms with Crippen molar-refractivity contribution in [2.75, 3.05) is 0 Å². The summed E-state index contributed by atoms with van der Waals surface area (Å²) < 4.78 is 0. The SMILES string of the molecule is O=C(CC(Cc1ccccc1)C(=O)N[C@@H](Cc1ccccc1)C(=O)O)NO. The highest BCUT2D eigenvalue weighted by molar-refractivity contribution is 5.88. The van der Waals surface area contributed by atoms with Gasteiger partial charge in [0.25, 0.3) is 0 Å². The summed E-state index contributed by atoms with van der Waals surface area (Å²) in [5, 5.41) is 20.7. The Morgan fingerprint density at radius 2 is 1.37 bits per heavy atom. The number of aliphatic carboxylic acids is 1. The maximum absolute atomic E-state index is 12.7. The Morgan fingerprint density at radius 3 is 1.85 bits per heavy atom. The molecule has 0 spiro atoms. The first-order valence-corrected chi connectivity index (χ1v) is 8.53. The standard InChI is InChI=1S/C20H22N2O5/c23-18(22-27)13-16(11-14-7-3-1-4-8-14)19(24)21-17(20(25)26)12-15-9-5-2-6-10-15/h1-10,16-17,27H,11-13H2,(H,21,24)(H,22,23)(H,25,26)/t16?,17-/m0/s1. The van der Waals surface area contributed by atoms with E-state index in [0.717, 1.165) is 11.1 Å². The minimum Gasteiger partial charge on any atom is -0.480 e. The number of hydrogen-bond donors (Lipinski definition) is 4. The molecule has 2 atom stereocenters. The smallest absolute Gasteiger partial charge is 0.326 e. The Morgan fingerprint density at radius 1 is 0.852 bits per heavy atom. The van der Waals surface area contributed by atoms with Crippen molar-refractivity contribution in [3.63, 3.8) is 0 Å². The van der Waals surface area contributed by atoms with Crippen LogP contribution in [-0.4, -0.2) is 34.1 Å². The van der Waals surface area contributed by atoms with Crippen LogP contribution in [-0.2, 0) is 27.2 Å². The molecule has 2 aromatic rings. The molecular formula is C20H22N2O5. The fourth-order valence-electron chi connectivity index (χ4n) is 2.77. The van der Waals surface area contributed by atoms with Gasteiger partial charge in [-0.3, -0.25) is 14.8 Å². The molecule has 0 saturated carbocycles. The maximum atomic E-state index is 12.7. The second-order valence-electron chi connectivity index (χ2n) is 6.21. The van der Waals surface area contributed by atoms with Crippen LogP contribution in [0, 0.1) is 5.92 Å². The van der Waals surface area contributed by atoms with Crippen molar-refractivity contribution in [1.82, 2.24) is 10.8 Å². The van der Waals surface area contributed by atoms with Crippen LogP contribution in [0.2, 0.25) is 0 Å². The average Bonchev–Trinajstić information content (AvgIpc) is 2.68. The molecule has 4 N–H and O–H groups in total. The van der Waals surface area contributed by atoms with Crippen molar-refractivity contribution in [2.45, 2.75) is 25.3 Å². The van der Waals surface area contributed by atoms with Gasteiger partial charge in [-0.15, -0.1) is 0 Å². The highest BCUT2D eigenvalue weighted by Crippen LogP contribution is 2.14. The number of rotatable bonds is 9. The van der Waals surface area contributed by atoms with Crippen LogP contribution >= 0.6 is 0 Å². The summed E-state index contributed by atoms with van der Waals surface area (Å²) >= 11 is 0. The lowest BCUT2D eigenvalue weighted by Gasteiger charge is -2.20. The number of carbonyl (C=O) groups excluding carboxylic acids is 2. The van der Waals surface area contributed by atoms with E-state index in [1.165, 1.54) is 5.48 Å². The molecule has 0 aromatic heterocycles. The zero-order chi connectivity index (χ0) is 19.6. The van der Waals surface area contributed by atoms with E-state index >= 15 is 0 Å². The molecule has 0 saturated heterocycles. The summed E-state index contributed by atoms with van der Waals surface area (Å²) in [5.74, 6) is -3.22.